The van der Waals surface area contributed by atoms with Crippen LogP contribution in [0.1, 0.15) is 17.0 Å². The molecule has 3 rings (SSSR count). The number of carboxylic acid groups (broad SMARTS) is 1. The number of fused-ring (bicyclic) bond motifs is 1. The maximum atomic E-state index is 11.2. The van der Waals surface area contributed by atoms with E-state index in [1.807, 2.05) is 41.8 Å². The highest BCUT2D eigenvalue weighted by Crippen LogP contribution is 2.30. The largest absolute Gasteiger partial charge is 0.481 e. The summed E-state index contributed by atoms with van der Waals surface area (Å²) in [5.41, 5.74) is 4.26. The average molecular weight is 321 g/mol. The number of benzene rings is 1. The molecule has 2 aromatic heterocycles. The Balaban J connectivity index is 2.25. The van der Waals surface area contributed by atoms with E-state index >= 15 is 0 Å². The molecule has 0 saturated heterocycles. The van der Waals surface area contributed by atoms with Crippen LogP contribution in [0.15, 0.2) is 23.6 Å². The first-order valence-corrected chi connectivity index (χ1v) is 7.67. The van der Waals surface area contributed by atoms with Gasteiger partial charge < -0.3 is 5.11 Å². The van der Waals surface area contributed by atoms with Gasteiger partial charge in [-0.3, -0.25) is 9.20 Å². The fraction of sp³-hybridized carbons (Fsp3) is 0.200. The Morgan fingerprint density at radius 2 is 2.19 bits per heavy atom. The molecule has 1 aromatic carbocycles. The summed E-state index contributed by atoms with van der Waals surface area (Å²) in [5, 5.41) is 11.9. The lowest BCUT2D eigenvalue weighted by molar-refractivity contribution is -0.136. The summed E-state index contributed by atoms with van der Waals surface area (Å²) >= 11 is 7.57. The number of aliphatic carboxylic acids is 1. The quantitative estimate of drug-likeness (QED) is 0.794. The smallest absolute Gasteiger partial charge is 0.309 e. The maximum Gasteiger partial charge on any atom is 0.309 e. The molecule has 108 valence electrons. The van der Waals surface area contributed by atoms with Crippen LogP contribution in [0.2, 0.25) is 5.02 Å². The van der Waals surface area contributed by atoms with E-state index in [0.29, 0.717) is 16.4 Å². The number of hydrogen-bond acceptors (Lipinski definition) is 3. The molecule has 0 aliphatic heterocycles. The van der Waals surface area contributed by atoms with Gasteiger partial charge in [-0.05, 0) is 31.5 Å². The van der Waals surface area contributed by atoms with Gasteiger partial charge in [0.1, 0.15) is 0 Å². The zero-order valence-electron chi connectivity index (χ0n) is 11.6. The van der Waals surface area contributed by atoms with Crippen molar-refractivity contribution in [2.24, 2.45) is 0 Å². The number of carboxylic acids is 1. The Morgan fingerprint density at radius 3 is 2.86 bits per heavy atom. The molecular weight excluding hydrogens is 308 g/mol. The van der Waals surface area contributed by atoms with Crippen LogP contribution in [0, 0.1) is 13.8 Å². The second-order valence-corrected chi connectivity index (χ2v) is 6.18. The van der Waals surface area contributed by atoms with Gasteiger partial charge in [-0.2, -0.15) is 0 Å². The lowest BCUT2D eigenvalue weighted by Gasteiger charge is -2.05. The van der Waals surface area contributed by atoms with Crippen molar-refractivity contribution in [1.82, 2.24) is 9.38 Å². The fourth-order valence-electron chi connectivity index (χ4n) is 2.39. The fourth-order valence-corrected chi connectivity index (χ4v) is 3.40. The Kier molecular flexibility index (Phi) is 3.47. The van der Waals surface area contributed by atoms with Gasteiger partial charge in [0.25, 0.3) is 0 Å². The van der Waals surface area contributed by atoms with Gasteiger partial charge >= 0.3 is 5.97 Å². The number of halogens is 1. The second-order valence-electron chi connectivity index (χ2n) is 4.94. The summed E-state index contributed by atoms with van der Waals surface area (Å²) in [6, 6.07) is 5.63. The van der Waals surface area contributed by atoms with Gasteiger partial charge in [0, 0.05) is 21.7 Å². The van der Waals surface area contributed by atoms with Crippen LogP contribution >= 0.6 is 22.9 Å². The van der Waals surface area contributed by atoms with Crippen LogP contribution in [-0.2, 0) is 11.2 Å². The summed E-state index contributed by atoms with van der Waals surface area (Å²) in [7, 11) is 0. The molecule has 0 fully saturated rings. The van der Waals surface area contributed by atoms with Crippen molar-refractivity contribution < 1.29 is 9.90 Å². The zero-order chi connectivity index (χ0) is 15.1. The van der Waals surface area contributed by atoms with Gasteiger partial charge in [-0.1, -0.05) is 17.7 Å². The van der Waals surface area contributed by atoms with E-state index in [1.165, 1.54) is 11.3 Å². The summed E-state index contributed by atoms with van der Waals surface area (Å²) in [6.07, 6.45) is -0.0598. The lowest BCUT2D eigenvalue weighted by atomic mass is 10.1. The molecule has 0 spiro atoms. The van der Waals surface area contributed by atoms with Crippen LogP contribution in [-0.4, -0.2) is 20.5 Å². The Labute approximate surface area is 130 Å². The number of nitrogens with zero attached hydrogens (tertiary/aromatic N) is 2. The standard InChI is InChI=1S/C15H13ClN2O2S/c1-8-5-10(3-4-11(8)16)14-12(6-13(19)20)18-9(2)7-21-15(18)17-14/h3-5,7H,6H2,1-2H3,(H,19,20). The lowest BCUT2D eigenvalue weighted by Crippen LogP contribution is -2.05. The first kappa shape index (κ1) is 14.1. The third-order valence-electron chi connectivity index (χ3n) is 3.38. The molecule has 0 saturated carbocycles. The Bertz CT molecular complexity index is 851. The number of thiazole rings is 1. The topological polar surface area (TPSA) is 54.6 Å². The Hall–Kier alpha value is -1.85. The normalized spacial score (nSPS) is 11.2. The van der Waals surface area contributed by atoms with Crippen LogP contribution < -0.4 is 0 Å². The Morgan fingerprint density at radius 1 is 1.43 bits per heavy atom. The van der Waals surface area contributed by atoms with Crippen molar-refractivity contribution in [1.29, 1.82) is 0 Å². The summed E-state index contributed by atoms with van der Waals surface area (Å²) in [5.74, 6) is -0.866. The number of carbonyl (C=O) groups is 1. The van der Waals surface area contributed by atoms with Crippen molar-refractivity contribution in [2.75, 3.05) is 0 Å². The van der Waals surface area contributed by atoms with E-state index in [0.717, 1.165) is 21.8 Å². The third kappa shape index (κ3) is 2.43. The first-order chi connectivity index (χ1) is 9.97. The molecule has 1 N–H and O–H groups in total. The van der Waals surface area contributed by atoms with Crippen molar-refractivity contribution >= 4 is 33.9 Å². The maximum absolute atomic E-state index is 11.2. The molecule has 0 unspecified atom stereocenters. The van der Waals surface area contributed by atoms with Crippen LogP contribution in [0.25, 0.3) is 16.2 Å². The van der Waals surface area contributed by atoms with Gasteiger partial charge in [0.2, 0.25) is 0 Å². The van der Waals surface area contributed by atoms with Gasteiger partial charge in [0.05, 0.1) is 17.8 Å². The second kappa shape index (κ2) is 5.16. The summed E-state index contributed by atoms with van der Waals surface area (Å²) in [4.78, 5) is 16.6. The molecule has 0 aliphatic carbocycles. The van der Waals surface area contributed by atoms with E-state index < -0.39 is 5.97 Å². The minimum absolute atomic E-state index is 0.0598. The van der Waals surface area contributed by atoms with Gasteiger partial charge in [-0.25, -0.2) is 4.98 Å². The van der Waals surface area contributed by atoms with E-state index in [1.54, 1.807) is 0 Å². The predicted octanol–water partition coefficient (Wildman–Crippen LogP) is 3.96. The molecule has 0 amide bonds. The number of imidazole rings is 1. The van der Waals surface area contributed by atoms with Gasteiger partial charge in [-0.15, -0.1) is 11.3 Å². The highest BCUT2D eigenvalue weighted by molar-refractivity contribution is 7.15. The van der Waals surface area contributed by atoms with E-state index in [2.05, 4.69) is 4.98 Å². The monoisotopic (exact) mass is 320 g/mol. The zero-order valence-corrected chi connectivity index (χ0v) is 13.1. The molecule has 0 aliphatic rings. The summed E-state index contributed by atoms with van der Waals surface area (Å²) < 4.78 is 1.91. The van der Waals surface area contributed by atoms with Crippen LogP contribution in [0.5, 0.6) is 0 Å². The van der Waals surface area contributed by atoms with Crippen LogP contribution in [0.4, 0.5) is 0 Å². The highest BCUT2D eigenvalue weighted by atomic mass is 35.5. The van der Waals surface area contributed by atoms with Crippen LogP contribution in [0.3, 0.4) is 0 Å². The molecule has 3 aromatic rings. The predicted molar refractivity (Wildman–Crippen MR) is 84.3 cm³/mol. The molecule has 0 radical (unpaired) electrons. The number of aromatic nitrogens is 2. The highest BCUT2D eigenvalue weighted by Gasteiger charge is 2.19. The van der Waals surface area contributed by atoms with Crippen molar-refractivity contribution in [2.45, 2.75) is 20.3 Å². The minimum Gasteiger partial charge on any atom is -0.481 e. The average Bonchev–Trinajstić information content (AvgIpc) is 2.94. The first-order valence-electron chi connectivity index (χ1n) is 6.41. The SMILES string of the molecule is Cc1cc(-c2nc3scc(C)n3c2CC(=O)O)ccc1Cl. The summed E-state index contributed by atoms with van der Waals surface area (Å²) in [6.45, 7) is 3.87. The molecule has 0 atom stereocenters. The van der Waals surface area contributed by atoms with Crippen molar-refractivity contribution in [3.05, 3.63) is 45.6 Å². The number of hydrogen-bond donors (Lipinski definition) is 1. The minimum atomic E-state index is -0.866. The molecular formula is C15H13ClN2O2S. The van der Waals surface area contributed by atoms with Crippen molar-refractivity contribution in [3.8, 4) is 11.3 Å². The van der Waals surface area contributed by atoms with E-state index in [4.69, 9.17) is 11.6 Å². The molecule has 21 heavy (non-hydrogen) atoms. The molecule has 0 bridgehead atoms. The molecule has 4 nitrogen and oxygen atoms in total. The molecule has 2 heterocycles. The van der Waals surface area contributed by atoms with Gasteiger partial charge in [0.15, 0.2) is 4.96 Å². The third-order valence-corrected chi connectivity index (χ3v) is 4.75. The number of rotatable bonds is 3. The van der Waals surface area contributed by atoms with E-state index in [-0.39, 0.29) is 6.42 Å². The molecule has 6 heteroatoms. The van der Waals surface area contributed by atoms with E-state index in [9.17, 15) is 9.90 Å². The number of aryl methyl sites for hydroxylation is 2. The van der Waals surface area contributed by atoms with Crippen molar-refractivity contribution in [3.63, 3.8) is 0 Å².